The van der Waals surface area contributed by atoms with Crippen LogP contribution in [-0.2, 0) is 24.6 Å². The number of carbonyl (C=O) groups excluding carboxylic acids is 4. The van der Waals surface area contributed by atoms with Crippen molar-refractivity contribution >= 4 is 51.7 Å². The third-order valence-electron chi connectivity index (χ3n) is 12.7. The largest absolute Gasteiger partial charge is 0.504 e. The fourth-order valence-electron chi connectivity index (χ4n) is 10.1. The van der Waals surface area contributed by atoms with Gasteiger partial charge in [0.15, 0.2) is 23.1 Å². The molecule has 10 nitrogen and oxygen atoms in total. The van der Waals surface area contributed by atoms with E-state index >= 15 is 9.59 Å². The number of nitrogens with zero attached hydrogens (tertiary/aromatic N) is 4. The number of azo groups is 1. The normalized spacial score (nSPS) is 24.7. The first-order valence-electron chi connectivity index (χ1n) is 20.4. The second kappa shape index (κ2) is 15.3. The first-order chi connectivity index (χ1) is 29.1. The van der Waals surface area contributed by atoms with Crippen LogP contribution in [0.2, 0.25) is 0 Å². The van der Waals surface area contributed by atoms with Gasteiger partial charge in [0.05, 0.1) is 40.9 Å². The predicted octanol–water partition coefficient (Wildman–Crippen LogP) is 9.30. The number of hydrogen-bond acceptors (Lipinski definition) is 9. The molecule has 5 aromatic carbocycles. The van der Waals surface area contributed by atoms with E-state index in [4.69, 9.17) is 4.74 Å². The fourth-order valence-corrected chi connectivity index (χ4v) is 10.1. The summed E-state index contributed by atoms with van der Waals surface area (Å²) in [6.07, 6.45) is 4.00. The maximum atomic E-state index is 15.3. The van der Waals surface area contributed by atoms with Crippen LogP contribution in [0, 0.1) is 23.7 Å². The molecule has 4 aliphatic rings. The molecule has 0 spiro atoms. The Balaban J connectivity index is 1.13. The van der Waals surface area contributed by atoms with Crippen LogP contribution in [0.15, 0.2) is 155 Å². The quantitative estimate of drug-likeness (QED) is 0.0895. The summed E-state index contributed by atoms with van der Waals surface area (Å²) in [6.45, 7) is 2.12. The Kier molecular flexibility index (Phi) is 9.86. The van der Waals surface area contributed by atoms with Crippen molar-refractivity contribution in [2.75, 3.05) is 30.5 Å². The van der Waals surface area contributed by atoms with E-state index in [-0.39, 0.29) is 47.7 Å². The molecule has 9 rings (SSSR count). The molecule has 5 aromatic rings. The highest BCUT2D eigenvalue weighted by atomic mass is 16.5. The minimum atomic E-state index is -1.39. The fraction of sp³-hybridized carbons (Fsp3) is 0.240. The number of carbonyl (C=O) groups is 4. The molecule has 0 bridgehead atoms. The van der Waals surface area contributed by atoms with Gasteiger partial charge in [-0.3, -0.25) is 24.1 Å². The lowest BCUT2D eigenvalue weighted by atomic mass is 9.44. The minimum absolute atomic E-state index is 0.0494. The van der Waals surface area contributed by atoms with Gasteiger partial charge in [-0.1, -0.05) is 78.4 Å². The van der Waals surface area contributed by atoms with E-state index in [2.05, 4.69) is 10.2 Å². The standard InChI is InChI=1S/C50H44N4O6/c1-4-60-43-27-31(15-26-42(43)55)46-37-24-25-38-45(49(59)54(48(38)58)36-22-18-34(19-23-36)52-51-33-16-20-35(21-17-33)53(2)3)40(37)28-41-47(57)39(30-11-7-5-8-12-30)29-44(56)50(41,46)32-13-9-6-10-14-32/h5-24,26-27,29,38,40-41,45-46,55H,4,25,28H2,1-3H3/t38-,40+,41-,45-,46-,50-/m0/s1. The first kappa shape index (κ1) is 38.6. The molecule has 6 atom stereocenters. The Bertz CT molecular complexity index is 2600. The van der Waals surface area contributed by atoms with Gasteiger partial charge in [0.1, 0.15) is 0 Å². The van der Waals surface area contributed by atoms with Crippen LogP contribution in [0.5, 0.6) is 11.5 Å². The number of Topliss-reactive ketones (excluding diaryl/α,β-unsaturated/α-hetero) is 1. The molecule has 3 aliphatic carbocycles. The number of aromatic hydroxyl groups is 1. The molecular formula is C50H44N4O6. The molecule has 10 heteroatoms. The summed E-state index contributed by atoms with van der Waals surface area (Å²) in [5.74, 6) is -4.41. The number of allylic oxidation sites excluding steroid dienone is 4. The zero-order valence-corrected chi connectivity index (χ0v) is 33.6. The number of phenols is 1. The van der Waals surface area contributed by atoms with Gasteiger partial charge in [0.25, 0.3) is 0 Å². The average molecular weight is 797 g/mol. The van der Waals surface area contributed by atoms with E-state index in [0.29, 0.717) is 45.9 Å². The number of fused-ring (bicyclic) bond motifs is 4. The summed E-state index contributed by atoms with van der Waals surface area (Å²) in [5.41, 5.74) is 4.50. The maximum absolute atomic E-state index is 15.3. The maximum Gasteiger partial charge on any atom is 0.238 e. The summed E-state index contributed by atoms with van der Waals surface area (Å²) < 4.78 is 5.87. The second-order valence-electron chi connectivity index (χ2n) is 16.1. The Morgan fingerprint density at radius 3 is 2.08 bits per heavy atom. The highest BCUT2D eigenvalue weighted by Gasteiger charge is 2.66. The van der Waals surface area contributed by atoms with Crippen LogP contribution in [0.4, 0.5) is 22.7 Å². The molecule has 2 amide bonds. The number of ether oxygens (including phenoxy) is 1. The van der Waals surface area contributed by atoms with Crippen molar-refractivity contribution in [3.63, 3.8) is 0 Å². The number of hydrogen-bond donors (Lipinski definition) is 1. The van der Waals surface area contributed by atoms with Crippen LogP contribution < -0.4 is 14.5 Å². The molecule has 60 heavy (non-hydrogen) atoms. The van der Waals surface area contributed by atoms with E-state index < -0.39 is 35.0 Å². The van der Waals surface area contributed by atoms with Crippen LogP contribution in [0.1, 0.15) is 42.4 Å². The number of anilines is 2. The number of amides is 2. The van der Waals surface area contributed by atoms with E-state index in [1.165, 1.54) is 11.0 Å². The number of benzene rings is 5. The zero-order chi connectivity index (χ0) is 41.7. The van der Waals surface area contributed by atoms with Crippen LogP contribution in [-0.4, -0.2) is 49.2 Å². The van der Waals surface area contributed by atoms with Crippen molar-refractivity contribution in [3.05, 3.63) is 162 Å². The van der Waals surface area contributed by atoms with E-state index in [0.717, 1.165) is 11.3 Å². The van der Waals surface area contributed by atoms with Crippen LogP contribution in [0.3, 0.4) is 0 Å². The second-order valence-corrected chi connectivity index (χ2v) is 16.1. The first-order valence-corrected chi connectivity index (χ1v) is 20.4. The van der Waals surface area contributed by atoms with Crippen molar-refractivity contribution in [2.24, 2.45) is 33.9 Å². The molecule has 0 unspecified atom stereocenters. The van der Waals surface area contributed by atoms with Crippen molar-refractivity contribution in [3.8, 4) is 11.5 Å². The number of ketones is 2. The lowest BCUT2D eigenvalue weighted by Gasteiger charge is -2.55. The van der Waals surface area contributed by atoms with E-state index in [1.807, 2.05) is 117 Å². The molecule has 2 fully saturated rings. The van der Waals surface area contributed by atoms with Crippen molar-refractivity contribution in [1.29, 1.82) is 0 Å². The van der Waals surface area contributed by atoms with Gasteiger partial charge in [0, 0.05) is 37.2 Å². The number of rotatable bonds is 9. The number of imide groups is 1. The summed E-state index contributed by atoms with van der Waals surface area (Å²) in [7, 11) is 3.94. The third kappa shape index (κ3) is 6.25. The van der Waals surface area contributed by atoms with Crippen molar-refractivity contribution in [2.45, 2.75) is 31.1 Å². The van der Waals surface area contributed by atoms with E-state index in [9.17, 15) is 14.7 Å². The van der Waals surface area contributed by atoms with Crippen LogP contribution in [0.25, 0.3) is 5.57 Å². The van der Waals surface area contributed by atoms with Gasteiger partial charge < -0.3 is 14.7 Å². The Labute approximate surface area is 348 Å². The predicted molar refractivity (Wildman–Crippen MR) is 230 cm³/mol. The summed E-state index contributed by atoms with van der Waals surface area (Å²) in [6, 6.07) is 38.3. The summed E-state index contributed by atoms with van der Waals surface area (Å²) in [4.78, 5) is 63.0. The van der Waals surface area contributed by atoms with Gasteiger partial charge in [-0.25, -0.2) is 0 Å². The van der Waals surface area contributed by atoms with Crippen molar-refractivity contribution in [1.82, 2.24) is 0 Å². The highest BCUT2D eigenvalue weighted by molar-refractivity contribution is 6.32. The van der Waals surface area contributed by atoms with Gasteiger partial charge in [-0.15, -0.1) is 0 Å². The van der Waals surface area contributed by atoms with Gasteiger partial charge in [-0.05, 0) is 109 Å². The Morgan fingerprint density at radius 2 is 1.43 bits per heavy atom. The molecule has 1 saturated carbocycles. The molecule has 1 heterocycles. The average Bonchev–Trinajstić information content (AvgIpc) is 3.53. The monoisotopic (exact) mass is 796 g/mol. The third-order valence-corrected chi connectivity index (χ3v) is 12.7. The van der Waals surface area contributed by atoms with E-state index in [1.54, 1.807) is 42.5 Å². The smallest absolute Gasteiger partial charge is 0.238 e. The summed E-state index contributed by atoms with van der Waals surface area (Å²) >= 11 is 0. The molecule has 1 N–H and O–H groups in total. The molecule has 0 radical (unpaired) electrons. The van der Waals surface area contributed by atoms with Crippen LogP contribution >= 0.6 is 0 Å². The molecule has 1 saturated heterocycles. The lowest BCUT2D eigenvalue weighted by Crippen LogP contribution is -2.58. The zero-order valence-electron chi connectivity index (χ0n) is 33.6. The molecule has 0 aromatic heterocycles. The molecular weight excluding hydrogens is 753 g/mol. The van der Waals surface area contributed by atoms with Gasteiger partial charge >= 0.3 is 0 Å². The topological polar surface area (TPSA) is 129 Å². The number of phenolic OH excluding ortho intramolecular Hbond substituents is 1. The molecule has 1 aliphatic heterocycles. The summed E-state index contributed by atoms with van der Waals surface area (Å²) in [5, 5.41) is 19.6. The Hall–Kier alpha value is -6.94. The lowest BCUT2D eigenvalue weighted by molar-refractivity contribution is -0.135. The minimum Gasteiger partial charge on any atom is -0.504 e. The SMILES string of the molecule is CCOc1cc([C@H]2C3=CC[C@@H]4C(=O)N(c5ccc(N=Nc6ccc(N(C)C)cc6)cc5)C(=O)[C@@H]4[C@@H]3C[C@H]3C(=O)C(c4ccccc4)=CC(=O)[C@@]23c2ccccc2)ccc1O. The van der Waals surface area contributed by atoms with Gasteiger partial charge in [-0.2, -0.15) is 10.2 Å². The Morgan fingerprint density at radius 1 is 0.783 bits per heavy atom. The van der Waals surface area contributed by atoms with Crippen molar-refractivity contribution < 1.29 is 29.0 Å². The van der Waals surface area contributed by atoms with Gasteiger partial charge in [0.2, 0.25) is 11.8 Å². The highest BCUT2D eigenvalue weighted by Crippen LogP contribution is 2.64. The molecule has 300 valence electrons.